The number of hydrogen-bond acceptors (Lipinski definition) is 1. The van der Waals surface area contributed by atoms with Crippen LogP contribution in [0.2, 0.25) is 0 Å². The van der Waals surface area contributed by atoms with E-state index in [1.165, 1.54) is 25.7 Å². The van der Waals surface area contributed by atoms with Crippen molar-refractivity contribution in [3.63, 3.8) is 0 Å². The summed E-state index contributed by atoms with van der Waals surface area (Å²) in [4.78, 5) is 13.8. The van der Waals surface area contributed by atoms with Gasteiger partial charge < -0.3 is 4.90 Å². The van der Waals surface area contributed by atoms with Gasteiger partial charge in [-0.15, -0.1) is 0 Å². The highest BCUT2D eigenvalue weighted by atomic mass is 16.2. The zero-order chi connectivity index (χ0) is 11.7. The molecule has 0 bridgehead atoms. The Hall–Kier alpha value is -0.530. The minimum atomic E-state index is 0.210. The number of unbranched alkanes of at least 4 members (excludes halogenated alkanes) is 3. The Morgan fingerprint density at radius 3 is 2.13 bits per heavy atom. The van der Waals surface area contributed by atoms with Crippen LogP contribution in [0.3, 0.4) is 0 Å². The van der Waals surface area contributed by atoms with E-state index in [-0.39, 0.29) is 5.92 Å². The van der Waals surface area contributed by atoms with Gasteiger partial charge in [0.25, 0.3) is 0 Å². The summed E-state index contributed by atoms with van der Waals surface area (Å²) < 4.78 is 0. The van der Waals surface area contributed by atoms with E-state index < -0.39 is 0 Å². The largest absolute Gasteiger partial charge is 0.343 e. The van der Waals surface area contributed by atoms with Crippen molar-refractivity contribution in [3.8, 4) is 0 Å². The zero-order valence-corrected chi connectivity index (χ0v) is 10.9. The molecule has 0 aromatic rings. The molecule has 0 aromatic carbocycles. The highest BCUT2D eigenvalue weighted by molar-refractivity contribution is 5.78. The van der Waals surface area contributed by atoms with Crippen LogP contribution < -0.4 is 0 Å². The first-order chi connectivity index (χ1) is 7.17. The summed E-state index contributed by atoms with van der Waals surface area (Å²) >= 11 is 0. The smallest absolute Gasteiger partial charge is 0.225 e. The third kappa shape index (κ3) is 5.81. The molecule has 2 heteroatoms. The lowest BCUT2D eigenvalue weighted by molar-refractivity contribution is -0.134. The van der Waals surface area contributed by atoms with Gasteiger partial charge >= 0.3 is 0 Å². The van der Waals surface area contributed by atoms with E-state index in [0.29, 0.717) is 5.91 Å². The molecule has 0 saturated heterocycles. The van der Waals surface area contributed by atoms with Crippen molar-refractivity contribution in [2.45, 2.75) is 59.8 Å². The topological polar surface area (TPSA) is 20.3 Å². The van der Waals surface area contributed by atoms with E-state index in [9.17, 15) is 4.79 Å². The molecule has 1 amide bonds. The molecule has 0 heterocycles. The number of amides is 1. The summed E-state index contributed by atoms with van der Waals surface area (Å²) in [6.45, 7) is 10.1. The third-order valence-corrected chi connectivity index (χ3v) is 2.99. The molecule has 0 N–H and O–H groups in total. The van der Waals surface area contributed by atoms with Gasteiger partial charge in [0.1, 0.15) is 0 Å². The molecular weight excluding hydrogens is 186 g/mol. The standard InChI is InChI=1S/C13H27NO/c1-5-8-9-10-11-12(4)13(15)14(6-2)7-3/h12H,5-11H2,1-4H3. The maximum Gasteiger partial charge on any atom is 0.225 e. The van der Waals surface area contributed by atoms with E-state index >= 15 is 0 Å². The Morgan fingerprint density at radius 2 is 1.67 bits per heavy atom. The summed E-state index contributed by atoms with van der Waals surface area (Å²) in [7, 11) is 0. The highest BCUT2D eigenvalue weighted by Gasteiger charge is 2.17. The van der Waals surface area contributed by atoms with E-state index in [1.54, 1.807) is 0 Å². The van der Waals surface area contributed by atoms with Gasteiger partial charge in [0.05, 0.1) is 0 Å². The number of carbonyl (C=O) groups excluding carboxylic acids is 1. The molecule has 0 aromatic heterocycles. The Labute approximate surface area is 95.0 Å². The fourth-order valence-electron chi connectivity index (χ4n) is 1.85. The molecule has 0 saturated carbocycles. The molecule has 0 aliphatic rings. The van der Waals surface area contributed by atoms with Crippen molar-refractivity contribution < 1.29 is 4.79 Å². The van der Waals surface area contributed by atoms with Crippen LogP contribution in [0, 0.1) is 5.92 Å². The molecule has 0 rings (SSSR count). The summed E-state index contributed by atoms with van der Waals surface area (Å²) in [5.41, 5.74) is 0. The van der Waals surface area contributed by atoms with Crippen molar-refractivity contribution in [1.29, 1.82) is 0 Å². The Morgan fingerprint density at radius 1 is 1.07 bits per heavy atom. The van der Waals surface area contributed by atoms with Crippen LogP contribution in [0.5, 0.6) is 0 Å². The second kappa shape index (κ2) is 8.75. The SMILES string of the molecule is CCCCCCC(C)C(=O)N(CC)CC. The van der Waals surface area contributed by atoms with Crippen molar-refractivity contribution in [2.75, 3.05) is 13.1 Å². The number of nitrogens with zero attached hydrogens (tertiary/aromatic N) is 1. The van der Waals surface area contributed by atoms with Gasteiger partial charge in [-0.25, -0.2) is 0 Å². The van der Waals surface area contributed by atoms with Gasteiger partial charge in [0.2, 0.25) is 5.91 Å². The molecule has 2 nitrogen and oxygen atoms in total. The molecule has 0 aliphatic carbocycles. The third-order valence-electron chi connectivity index (χ3n) is 2.99. The average molecular weight is 213 g/mol. The number of hydrogen-bond donors (Lipinski definition) is 0. The van der Waals surface area contributed by atoms with E-state index in [2.05, 4.69) is 13.8 Å². The van der Waals surface area contributed by atoms with Crippen molar-refractivity contribution >= 4 is 5.91 Å². The van der Waals surface area contributed by atoms with Crippen LogP contribution in [-0.4, -0.2) is 23.9 Å². The minimum Gasteiger partial charge on any atom is -0.343 e. The first-order valence-electron chi connectivity index (χ1n) is 6.46. The van der Waals surface area contributed by atoms with Crippen LogP contribution in [0.1, 0.15) is 59.8 Å². The fourth-order valence-corrected chi connectivity index (χ4v) is 1.85. The quantitative estimate of drug-likeness (QED) is 0.565. The summed E-state index contributed by atoms with van der Waals surface area (Å²) in [6, 6.07) is 0. The van der Waals surface area contributed by atoms with Crippen LogP contribution >= 0.6 is 0 Å². The molecule has 0 spiro atoms. The molecule has 0 radical (unpaired) electrons. The normalized spacial score (nSPS) is 12.5. The van der Waals surface area contributed by atoms with Crippen molar-refractivity contribution in [3.05, 3.63) is 0 Å². The maximum atomic E-state index is 11.9. The lowest BCUT2D eigenvalue weighted by atomic mass is 10.0. The zero-order valence-electron chi connectivity index (χ0n) is 10.9. The van der Waals surface area contributed by atoms with Crippen LogP contribution in [0.25, 0.3) is 0 Å². The fraction of sp³-hybridized carbons (Fsp3) is 0.923. The van der Waals surface area contributed by atoms with Gasteiger partial charge in [-0.1, -0.05) is 39.5 Å². The number of rotatable bonds is 8. The highest BCUT2D eigenvalue weighted by Crippen LogP contribution is 2.13. The van der Waals surface area contributed by atoms with Gasteiger partial charge in [0, 0.05) is 19.0 Å². The van der Waals surface area contributed by atoms with Crippen molar-refractivity contribution in [2.24, 2.45) is 5.92 Å². The summed E-state index contributed by atoms with van der Waals surface area (Å²) in [5.74, 6) is 0.540. The second-order valence-electron chi connectivity index (χ2n) is 4.26. The Kier molecular flexibility index (Phi) is 8.44. The van der Waals surface area contributed by atoms with E-state index in [0.717, 1.165) is 19.5 Å². The lowest BCUT2D eigenvalue weighted by Crippen LogP contribution is -2.34. The minimum absolute atomic E-state index is 0.210. The van der Waals surface area contributed by atoms with Gasteiger partial charge in [-0.05, 0) is 20.3 Å². The molecule has 0 aliphatic heterocycles. The molecule has 90 valence electrons. The van der Waals surface area contributed by atoms with Crippen LogP contribution in [0.15, 0.2) is 0 Å². The molecule has 1 atom stereocenters. The van der Waals surface area contributed by atoms with Gasteiger partial charge in [-0.3, -0.25) is 4.79 Å². The van der Waals surface area contributed by atoms with Crippen LogP contribution in [0.4, 0.5) is 0 Å². The number of carbonyl (C=O) groups is 1. The first kappa shape index (κ1) is 14.5. The molecule has 1 unspecified atom stereocenters. The Balaban J connectivity index is 3.77. The molecular formula is C13H27NO. The predicted octanol–water partition coefficient (Wildman–Crippen LogP) is 3.46. The van der Waals surface area contributed by atoms with Crippen molar-refractivity contribution in [1.82, 2.24) is 4.90 Å². The summed E-state index contributed by atoms with van der Waals surface area (Å²) in [6.07, 6.45) is 6.08. The van der Waals surface area contributed by atoms with Gasteiger partial charge in [0.15, 0.2) is 0 Å². The predicted molar refractivity (Wildman–Crippen MR) is 65.9 cm³/mol. The summed E-state index contributed by atoms with van der Waals surface area (Å²) in [5, 5.41) is 0. The van der Waals surface area contributed by atoms with E-state index in [4.69, 9.17) is 0 Å². The lowest BCUT2D eigenvalue weighted by Gasteiger charge is -2.22. The van der Waals surface area contributed by atoms with Gasteiger partial charge in [-0.2, -0.15) is 0 Å². The Bertz CT molecular complexity index is 164. The monoisotopic (exact) mass is 213 g/mol. The van der Waals surface area contributed by atoms with E-state index in [1.807, 2.05) is 18.7 Å². The second-order valence-corrected chi connectivity index (χ2v) is 4.26. The first-order valence-corrected chi connectivity index (χ1v) is 6.46. The average Bonchev–Trinajstić information content (AvgIpc) is 2.25. The maximum absolute atomic E-state index is 11.9. The molecule has 0 fully saturated rings. The molecule has 15 heavy (non-hydrogen) atoms. The van der Waals surface area contributed by atoms with Crippen LogP contribution in [-0.2, 0) is 4.79 Å².